The Morgan fingerprint density at radius 2 is 1.34 bits per heavy atom. The molecule has 0 aliphatic heterocycles. The summed E-state index contributed by atoms with van der Waals surface area (Å²) in [6.45, 7) is 0. The maximum absolute atomic E-state index is 12.1. The van der Waals surface area contributed by atoms with Crippen molar-refractivity contribution in [3.63, 3.8) is 0 Å². The minimum Gasteiger partial charge on any atom is -0.478 e. The summed E-state index contributed by atoms with van der Waals surface area (Å²) in [5.41, 5.74) is 4.40. The van der Waals surface area contributed by atoms with Gasteiger partial charge in [0.2, 0.25) is 0 Å². The van der Waals surface area contributed by atoms with E-state index in [9.17, 15) is 9.90 Å². The van der Waals surface area contributed by atoms with Crippen LogP contribution in [0.15, 0.2) is 87.7 Å². The predicted octanol–water partition coefficient (Wildman–Crippen LogP) is 6.85. The molecule has 0 saturated heterocycles. The van der Waals surface area contributed by atoms with Crippen LogP contribution in [0.2, 0.25) is 0 Å². The van der Waals surface area contributed by atoms with Crippen LogP contribution in [-0.4, -0.2) is 11.1 Å². The molecule has 0 unspecified atom stereocenters. The number of benzene rings is 4. The fourth-order valence-electron chi connectivity index (χ4n) is 4.22. The highest BCUT2D eigenvalue weighted by Gasteiger charge is 2.23. The van der Waals surface area contributed by atoms with Crippen molar-refractivity contribution >= 4 is 49.8 Å². The van der Waals surface area contributed by atoms with Gasteiger partial charge in [0.25, 0.3) is 0 Å². The van der Waals surface area contributed by atoms with Crippen LogP contribution >= 0.6 is 0 Å². The Morgan fingerprint density at radius 1 is 0.655 bits per heavy atom. The number of hydrogen-bond acceptors (Lipinski definition) is 3. The van der Waals surface area contributed by atoms with Gasteiger partial charge in [0.1, 0.15) is 22.3 Å². The Bertz CT molecular complexity index is 1580. The minimum atomic E-state index is -0.986. The normalized spacial score (nSPS) is 11.7. The number of carboxylic acids is 1. The molecular formula is C25H14O4. The average Bonchev–Trinajstić information content (AvgIpc) is 3.31. The first-order valence-electron chi connectivity index (χ1n) is 9.30. The minimum absolute atomic E-state index is 0.219. The molecule has 1 N–H and O–H groups in total. The summed E-state index contributed by atoms with van der Waals surface area (Å²) in [6.07, 6.45) is 0. The van der Waals surface area contributed by atoms with Gasteiger partial charge in [0.15, 0.2) is 0 Å². The second kappa shape index (κ2) is 5.72. The van der Waals surface area contributed by atoms with Gasteiger partial charge in [-0.1, -0.05) is 54.6 Å². The van der Waals surface area contributed by atoms with Crippen molar-refractivity contribution < 1.29 is 18.7 Å². The third kappa shape index (κ3) is 2.17. The quantitative estimate of drug-likeness (QED) is 0.358. The van der Waals surface area contributed by atoms with Crippen molar-refractivity contribution in [1.29, 1.82) is 0 Å². The molecule has 2 aromatic heterocycles. The van der Waals surface area contributed by atoms with E-state index in [0.29, 0.717) is 16.7 Å². The Morgan fingerprint density at radius 3 is 2.14 bits per heavy atom. The zero-order valence-corrected chi connectivity index (χ0v) is 15.2. The van der Waals surface area contributed by atoms with E-state index in [-0.39, 0.29) is 5.56 Å². The summed E-state index contributed by atoms with van der Waals surface area (Å²) in [5.74, 6) is -0.986. The van der Waals surface area contributed by atoms with E-state index in [2.05, 4.69) is 0 Å². The SMILES string of the molecule is O=C(O)c1ccc2oc3ccccc3c2c1-c1cccc2c1oc1ccccc12. The van der Waals surface area contributed by atoms with Gasteiger partial charge in [0, 0.05) is 32.7 Å². The van der Waals surface area contributed by atoms with Crippen molar-refractivity contribution in [1.82, 2.24) is 0 Å². The van der Waals surface area contributed by atoms with E-state index in [0.717, 1.165) is 38.3 Å². The van der Waals surface area contributed by atoms with Crippen LogP contribution in [0.1, 0.15) is 10.4 Å². The van der Waals surface area contributed by atoms with E-state index in [4.69, 9.17) is 8.83 Å². The molecule has 4 heteroatoms. The van der Waals surface area contributed by atoms with E-state index < -0.39 is 5.97 Å². The Labute approximate surface area is 164 Å². The number of carbonyl (C=O) groups is 1. The standard InChI is InChI=1S/C25H14O4/c26-25(27)18-12-13-21-23(16-7-2-4-11-20(16)28-21)22(18)17-9-5-8-15-14-6-1-3-10-19(14)29-24(15)17/h1-13H,(H,26,27). The molecule has 6 aromatic rings. The molecule has 0 amide bonds. The molecule has 0 aliphatic carbocycles. The van der Waals surface area contributed by atoms with E-state index >= 15 is 0 Å². The molecule has 0 fully saturated rings. The van der Waals surface area contributed by atoms with E-state index in [1.165, 1.54) is 0 Å². The highest BCUT2D eigenvalue weighted by atomic mass is 16.4. The Balaban J connectivity index is 1.84. The molecule has 6 rings (SSSR count). The zero-order chi connectivity index (χ0) is 19.5. The molecule has 2 heterocycles. The first-order chi connectivity index (χ1) is 14.2. The highest BCUT2D eigenvalue weighted by molar-refractivity contribution is 6.20. The van der Waals surface area contributed by atoms with Gasteiger partial charge in [-0.25, -0.2) is 4.79 Å². The largest absolute Gasteiger partial charge is 0.478 e. The van der Waals surface area contributed by atoms with Crippen LogP contribution in [0.4, 0.5) is 0 Å². The Hall–Kier alpha value is -4.05. The van der Waals surface area contributed by atoms with Crippen molar-refractivity contribution in [2.24, 2.45) is 0 Å². The average molecular weight is 378 g/mol. The topological polar surface area (TPSA) is 63.6 Å². The van der Waals surface area contributed by atoms with Crippen LogP contribution in [0.25, 0.3) is 55.0 Å². The molecule has 0 radical (unpaired) electrons. The molecule has 29 heavy (non-hydrogen) atoms. The van der Waals surface area contributed by atoms with Gasteiger partial charge in [-0.15, -0.1) is 0 Å². The summed E-state index contributed by atoms with van der Waals surface area (Å²) >= 11 is 0. The first kappa shape index (κ1) is 16.0. The van der Waals surface area contributed by atoms with Gasteiger partial charge >= 0.3 is 5.97 Å². The first-order valence-corrected chi connectivity index (χ1v) is 9.30. The van der Waals surface area contributed by atoms with Gasteiger partial charge in [-0.3, -0.25) is 0 Å². The summed E-state index contributed by atoms with van der Waals surface area (Å²) in [7, 11) is 0. The second-order valence-corrected chi connectivity index (χ2v) is 7.05. The second-order valence-electron chi connectivity index (χ2n) is 7.05. The number of hydrogen-bond donors (Lipinski definition) is 1. The van der Waals surface area contributed by atoms with E-state index in [1.54, 1.807) is 12.1 Å². The monoisotopic (exact) mass is 378 g/mol. The van der Waals surface area contributed by atoms with Gasteiger partial charge in [-0.05, 0) is 24.3 Å². The summed E-state index contributed by atoms with van der Waals surface area (Å²) in [5, 5.41) is 13.6. The number of fused-ring (bicyclic) bond motifs is 6. The van der Waals surface area contributed by atoms with Crippen LogP contribution in [0.5, 0.6) is 0 Å². The predicted molar refractivity (Wildman–Crippen MR) is 113 cm³/mol. The van der Waals surface area contributed by atoms with Crippen LogP contribution in [-0.2, 0) is 0 Å². The molecule has 0 saturated carbocycles. The van der Waals surface area contributed by atoms with Crippen molar-refractivity contribution in [2.75, 3.05) is 0 Å². The summed E-state index contributed by atoms with van der Waals surface area (Å²) in [6, 6.07) is 24.7. The molecule has 0 bridgehead atoms. The number of furan rings is 2. The lowest BCUT2D eigenvalue weighted by atomic mass is 9.93. The van der Waals surface area contributed by atoms with Crippen molar-refractivity contribution in [2.45, 2.75) is 0 Å². The number of para-hydroxylation sites is 3. The van der Waals surface area contributed by atoms with Crippen LogP contribution in [0, 0.1) is 0 Å². The number of carboxylic acid groups (broad SMARTS) is 1. The molecular weight excluding hydrogens is 364 g/mol. The van der Waals surface area contributed by atoms with Crippen molar-refractivity contribution in [3.05, 3.63) is 84.4 Å². The number of rotatable bonds is 2. The molecule has 0 atom stereocenters. The lowest BCUT2D eigenvalue weighted by Gasteiger charge is -2.09. The molecule has 0 spiro atoms. The maximum Gasteiger partial charge on any atom is 0.336 e. The van der Waals surface area contributed by atoms with Gasteiger partial charge < -0.3 is 13.9 Å². The zero-order valence-electron chi connectivity index (χ0n) is 15.2. The third-order valence-corrected chi connectivity index (χ3v) is 5.45. The molecule has 138 valence electrons. The molecule has 4 aromatic carbocycles. The number of aromatic carboxylic acids is 1. The lowest BCUT2D eigenvalue weighted by molar-refractivity contribution is 0.0698. The van der Waals surface area contributed by atoms with Gasteiger partial charge in [0.05, 0.1) is 5.56 Å². The van der Waals surface area contributed by atoms with Crippen LogP contribution < -0.4 is 0 Å². The molecule has 0 aliphatic rings. The fraction of sp³-hybridized carbons (Fsp3) is 0. The van der Waals surface area contributed by atoms with E-state index in [1.807, 2.05) is 66.7 Å². The summed E-state index contributed by atoms with van der Waals surface area (Å²) < 4.78 is 12.2. The Kier molecular flexibility index (Phi) is 3.15. The third-order valence-electron chi connectivity index (χ3n) is 5.45. The summed E-state index contributed by atoms with van der Waals surface area (Å²) in [4.78, 5) is 12.1. The smallest absolute Gasteiger partial charge is 0.336 e. The van der Waals surface area contributed by atoms with Crippen molar-refractivity contribution in [3.8, 4) is 11.1 Å². The fourth-order valence-corrected chi connectivity index (χ4v) is 4.22. The van der Waals surface area contributed by atoms with Gasteiger partial charge in [-0.2, -0.15) is 0 Å². The maximum atomic E-state index is 12.1. The molecule has 4 nitrogen and oxygen atoms in total. The lowest BCUT2D eigenvalue weighted by Crippen LogP contribution is -2.00. The highest BCUT2D eigenvalue weighted by Crippen LogP contribution is 2.43. The van der Waals surface area contributed by atoms with Crippen LogP contribution in [0.3, 0.4) is 0 Å².